The number of benzene rings is 1. The summed E-state index contributed by atoms with van der Waals surface area (Å²) in [7, 11) is -3.59. The van der Waals surface area contributed by atoms with Gasteiger partial charge in [-0.05, 0) is 55.9 Å². The van der Waals surface area contributed by atoms with Gasteiger partial charge in [0, 0.05) is 24.0 Å². The van der Waals surface area contributed by atoms with Crippen molar-refractivity contribution >= 4 is 33.5 Å². The first kappa shape index (κ1) is 20.1. The van der Waals surface area contributed by atoms with Crippen LogP contribution in [0.3, 0.4) is 0 Å². The third-order valence-corrected chi connectivity index (χ3v) is 7.02. The summed E-state index contributed by atoms with van der Waals surface area (Å²) < 4.78 is 31.7. The minimum Gasteiger partial charge on any atom is -0.464 e. The summed E-state index contributed by atoms with van der Waals surface area (Å²) in [5.74, 6) is -0.491. The van der Waals surface area contributed by atoms with Gasteiger partial charge in [0.1, 0.15) is 6.54 Å². The molecule has 1 saturated heterocycles. The highest BCUT2D eigenvalue weighted by Gasteiger charge is 2.32. The molecule has 0 atom stereocenters. The second kappa shape index (κ2) is 8.58. The van der Waals surface area contributed by atoms with Crippen molar-refractivity contribution in [2.45, 2.75) is 30.6 Å². The molecule has 7 nitrogen and oxygen atoms in total. The molecule has 9 heteroatoms. The number of sulfonamides is 1. The molecule has 1 heterocycles. The number of nitrogens with zero attached hydrogens (tertiary/aromatic N) is 1. The molecule has 27 heavy (non-hydrogen) atoms. The SMILES string of the molecule is O=C(CNC(=O)C1CCN(S(=O)(=O)c2ccc(Cl)cc2)CC1)OCC1CC1. The number of hydrogen-bond acceptors (Lipinski definition) is 5. The maximum Gasteiger partial charge on any atom is 0.325 e. The molecule has 1 aromatic rings. The largest absolute Gasteiger partial charge is 0.464 e. The lowest BCUT2D eigenvalue weighted by Crippen LogP contribution is -2.44. The summed E-state index contributed by atoms with van der Waals surface area (Å²) in [6.07, 6.45) is 3.01. The Labute approximate surface area is 164 Å². The lowest BCUT2D eigenvalue weighted by Gasteiger charge is -2.30. The first-order chi connectivity index (χ1) is 12.9. The van der Waals surface area contributed by atoms with E-state index in [0.717, 1.165) is 12.8 Å². The van der Waals surface area contributed by atoms with Gasteiger partial charge in [0.15, 0.2) is 0 Å². The number of nitrogens with one attached hydrogen (secondary N) is 1. The zero-order chi connectivity index (χ0) is 19.4. The van der Waals surface area contributed by atoms with Gasteiger partial charge in [0.05, 0.1) is 11.5 Å². The van der Waals surface area contributed by atoms with E-state index in [0.29, 0.717) is 30.4 Å². The van der Waals surface area contributed by atoms with Gasteiger partial charge in [-0.2, -0.15) is 4.31 Å². The van der Waals surface area contributed by atoms with Crippen molar-refractivity contribution in [3.05, 3.63) is 29.3 Å². The molecule has 0 unspecified atom stereocenters. The van der Waals surface area contributed by atoms with E-state index in [1.165, 1.54) is 28.6 Å². The van der Waals surface area contributed by atoms with Crippen LogP contribution >= 0.6 is 11.6 Å². The molecule has 1 aliphatic carbocycles. The number of amides is 1. The fourth-order valence-electron chi connectivity index (χ4n) is 2.96. The second-order valence-corrected chi connectivity index (χ2v) is 9.35. The molecule has 2 aliphatic rings. The third kappa shape index (κ3) is 5.43. The lowest BCUT2D eigenvalue weighted by molar-refractivity contribution is -0.144. The lowest BCUT2D eigenvalue weighted by atomic mass is 9.97. The third-order valence-electron chi connectivity index (χ3n) is 4.86. The molecule has 0 aromatic heterocycles. The van der Waals surface area contributed by atoms with E-state index in [1.807, 2.05) is 0 Å². The Kier molecular flexibility index (Phi) is 6.39. The number of carbonyl (C=O) groups excluding carboxylic acids is 2. The van der Waals surface area contributed by atoms with Crippen molar-refractivity contribution in [2.75, 3.05) is 26.2 Å². The van der Waals surface area contributed by atoms with Crippen LogP contribution in [0, 0.1) is 11.8 Å². The van der Waals surface area contributed by atoms with Crippen LogP contribution in [0.25, 0.3) is 0 Å². The standard InChI is InChI=1S/C18H23ClN2O5S/c19-15-3-5-16(6-4-15)27(24,25)21-9-7-14(8-10-21)18(23)20-11-17(22)26-12-13-1-2-13/h3-6,13-14H,1-2,7-12H2,(H,20,23). The zero-order valence-corrected chi connectivity index (χ0v) is 16.5. The van der Waals surface area contributed by atoms with E-state index in [4.69, 9.17) is 16.3 Å². The number of esters is 1. The Morgan fingerprint density at radius 2 is 1.74 bits per heavy atom. The molecule has 3 rings (SSSR count). The van der Waals surface area contributed by atoms with E-state index in [-0.39, 0.29) is 36.4 Å². The van der Waals surface area contributed by atoms with Crippen molar-refractivity contribution in [3.63, 3.8) is 0 Å². The molecule has 1 aromatic carbocycles. The predicted molar refractivity (Wildman–Crippen MR) is 99.6 cm³/mol. The molecular formula is C18H23ClN2O5S. The number of hydrogen-bond donors (Lipinski definition) is 1. The van der Waals surface area contributed by atoms with Gasteiger partial charge < -0.3 is 10.1 Å². The first-order valence-corrected chi connectivity index (χ1v) is 10.9. The molecular weight excluding hydrogens is 392 g/mol. The highest BCUT2D eigenvalue weighted by atomic mass is 35.5. The van der Waals surface area contributed by atoms with Crippen LogP contribution in [-0.4, -0.2) is 50.8 Å². The average molecular weight is 415 g/mol. The van der Waals surface area contributed by atoms with Crippen LogP contribution in [0.15, 0.2) is 29.2 Å². The van der Waals surface area contributed by atoms with Gasteiger partial charge >= 0.3 is 5.97 Å². The summed E-state index contributed by atoms with van der Waals surface area (Å²) in [4.78, 5) is 24.0. The Morgan fingerprint density at radius 3 is 2.33 bits per heavy atom. The van der Waals surface area contributed by atoms with Crippen LogP contribution in [0.1, 0.15) is 25.7 Å². The molecule has 0 spiro atoms. The van der Waals surface area contributed by atoms with E-state index >= 15 is 0 Å². The Bertz CT molecular complexity index is 784. The van der Waals surface area contributed by atoms with Crippen LogP contribution in [0.4, 0.5) is 0 Å². The van der Waals surface area contributed by atoms with E-state index in [2.05, 4.69) is 5.32 Å². The van der Waals surface area contributed by atoms with E-state index < -0.39 is 16.0 Å². The van der Waals surface area contributed by atoms with Gasteiger partial charge in [-0.15, -0.1) is 0 Å². The summed E-state index contributed by atoms with van der Waals surface area (Å²) in [6, 6.07) is 6.03. The van der Waals surface area contributed by atoms with Crippen LogP contribution < -0.4 is 5.32 Å². The number of halogens is 1. The maximum absolute atomic E-state index is 12.6. The van der Waals surface area contributed by atoms with Crippen molar-refractivity contribution in [1.82, 2.24) is 9.62 Å². The Hall–Kier alpha value is -1.64. The molecule has 0 bridgehead atoms. The quantitative estimate of drug-likeness (QED) is 0.687. The molecule has 1 N–H and O–H groups in total. The maximum atomic E-state index is 12.6. The molecule has 1 amide bonds. The minimum absolute atomic E-state index is 0.144. The summed E-state index contributed by atoms with van der Waals surface area (Å²) in [5.41, 5.74) is 0. The van der Waals surface area contributed by atoms with Gasteiger partial charge in [-0.1, -0.05) is 11.6 Å². The summed E-state index contributed by atoms with van der Waals surface area (Å²) >= 11 is 5.81. The van der Waals surface area contributed by atoms with Crippen LogP contribution in [-0.2, 0) is 24.3 Å². The average Bonchev–Trinajstić information content (AvgIpc) is 3.49. The van der Waals surface area contributed by atoms with Crippen LogP contribution in [0.5, 0.6) is 0 Å². The second-order valence-electron chi connectivity index (χ2n) is 6.98. The van der Waals surface area contributed by atoms with Crippen LogP contribution in [0.2, 0.25) is 5.02 Å². The fourth-order valence-corrected chi connectivity index (χ4v) is 4.56. The Morgan fingerprint density at radius 1 is 1.11 bits per heavy atom. The van der Waals surface area contributed by atoms with Gasteiger partial charge in [0.25, 0.3) is 0 Å². The smallest absolute Gasteiger partial charge is 0.325 e. The molecule has 1 aliphatic heterocycles. The van der Waals surface area contributed by atoms with Crippen molar-refractivity contribution in [2.24, 2.45) is 11.8 Å². The highest BCUT2D eigenvalue weighted by molar-refractivity contribution is 7.89. The number of rotatable bonds is 7. The zero-order valence-electron chi connectivity index (χ0n) is 14.9. The summed E-state index contributed by atoms with van der Waals surface area (Å²) in [5, 5.41) is 3.06. The van der Waals surface area contributed by atoms with E-state index in [9.17, 15) is 18.0 Å². The number of piperidine rings is 1. The highest BCUT2D eigenvalue weighted by Crippen LogP contribution is 2.28. The number of carbonyl (C=O) groups is 2. The van der Waals surface area contributed by atoms with E-state index in [1.54, 1.807) is 0 Å². The van der Waals surface area contributed by atoms with Crippen molar-refractivity contribution < 1.29 is 22.7 Å². The predicted octanol–water partition coefficient (Wildman–Crippen LogP) is 1.81. The van der Waals surface area contributed by atoms with Gasteiger partial charge in [-0.25, -0.2) is 8.42 Å². The molecule has 2 fully saturated rings. The van der Waals surface area contributed by atoms with Crippen molar-refractivity contribution in [1.29, 1.82) is 0 Å². The normalized spacial score (nSPS) is 18.9. The number of ether oxygens (including phenoxy) is 1. The molecule has 148 valence electrons. The molecule has 1 saturated carbocycles. The monoisotopic (exact) mass is 414 g/mol. The van der Waals surface area contributed by atoms with Gasteiger partial charge in [-0.3, -0.25) is 9.59 Å². The fraction of sp³-hybridized carbons (Fsp3) is 0.556. The first-order valence-electron chi connectivity index (χ1n) is 9.05. The van der Waals surface area contributed by atoms with Crippen molar-refractivity contribution in [3.8, 4) is 0 Å². The molecule has 0 radical (unpaired) electrons. The van der Waals surface area contributed by atoms with Gasteiger partial charge in [0.2, 0.25) is 15.9 Å². The topological polar surface area (TPSA) is 92.8 Å². The Balaban J connectivity index is 1.45. The summed E-state index contributed by atoms with van der Waals surface area (Å²) in [6.45, 7) is 0.800. The minimum atomic E-state index is -3.59.